The smallest absolute Gasteiger partial charge is 0.410 e. The van der Waals surface area contributed by atoms with Gasteiger partial charge in [0.1, 0.15) is 5.60 Å². The van der Waals surface area contributed by atoms with Crippen LogP contribution in [-0.2, 0) is 4.74 Å². The van der Waals surface area contributed by atoms with E-state index in [1.54, 1.807) is 4.90 Å². The first-order chi connectivity index (χ1) is 9.87. The highest BCUT2D eigenvalue weighted by Gasteiger charge is 2.26. The SMILES string of the molecule is CC(C)(C)OC(=O)N1CCCN(C(=O)c2cccs2)CC1. The molecule has 2 rings (SSSR count). The third-order valence-electron chi connectivity index (χ3n) is 3.17. The summed E-state index contributed by atoms with van der Waals surface area (Å²) in [6.45, 7) is 7.95. The van der Waals surface area contributed by atoms with Crippen LogP contribution in [0.15, 0.2) is 17.5 Å². The first-order valence-electron chi connectivity index (χ1n) is 7.17. The Morgan fingerprint density at radius 2 is 1.81 bits per heavy atom. The molecule has 116 valence electrons. The molecule has 6 heteroatoms. The van der Waals surface area contributed by atoms with Gasteiger partial charge in [0, 0.05) is 26.2 Å². The monoisotopic (exact) mass is 310 g/mol. The quantitative estimate of drug-likeness (QED) is 0.801. The van der Waals surface area contributed by atoms with Crippen molar-refractivity contribution in [3.8, 4) is 0 Å². The first-order valence-corrected chi connectivity index (χ1v) is 8.05. The van der Waals surface area contributed by atoms with Crippen LogP contribution in [0.2, 0.25) is 0 Å². The number of amides is 2. The molecule has 0 N–H and O–H groups in total. The zero-order chi connectivity index (χ0) is 15.5. The number of carbonyl (C=O) groups excluding carboxylic acids is 2. The molecule has 2 heterocycles. The van der Waals surface area contributed by atoms with E-state index in [9.17, 15) is 9.59 Å². The number of rotatable bonds is 1. The van der Waals surface area contributed by atoms with Crippen molar-refractivity contribution in [1.82, 2.24) is 9.80 Å². The molecule has 1 aromatic rings. The Hall–Kier alpha value is -1.56. The van der Waals surface area contributed by atoms with Crippen molar-refractivity contribution in [2.75, 3.05) is 26.2 Å². The standard InChI is InChI=1S/C15H22N2O3S/c1-15(2,3)20-14(19)17-8-5-7-16(9-10-17)13(18)12-6-4-11-21-12/h4,6,11H,5,7-10H2,1-3H3. The maximum Gasteiger partial charge on any atom is 0.410 e. The van der Waals surface area contributed by atoms with E-state index in [1.807, 2.05) is 43.2 Å². The summed E-state index contributed by atoms with van der Waals surface area (Å²) in [7, 11) is 0. The number of hydrogen-bond acceptors (Lipinski definition) is 4. The van der Waals surface area contributed by atoms with Crippen molar-refractivity contribution in [3.05, 3.63) is 22.4 Å². The second kappa shape index (κ2) is 6.47. The Morgan fingerprint density at radius 3 is 2.43 bits per heavy atom. The predicted molar refractivity (Wildman–Crippen MR) is 82.6 cm³/mol. The molecule has 0 bridgehead atoms. The molecule has 2 amide bonds. The van der Waals surface area contributed by atoms with Crippen molar-refractivity contribution in [2.45, 2.75) is 32.8 Å². The van der Waals surface area contributed by atoms with Crippen molar-refractivity contribution < 1.29 is 14.3 Å². The van der Waals surface area contributed by atoms with Gasteiger partial charge in [0.25, 0.3) is 5.91 Å². The van der Waals surface area contributed by atoms with E-state index in [0.717, 1.165) is 11.3 Å². The van der Waals surface area contributed by atoms with E-state index in [-0.39, 0.29) is 12.0 Å². The minimum atomic E-state index is -0.490. The van der Waals surface area contributed by atoms with Crippen LogP contribution >= 0.6 is 11.3 Å². The molecule has 1 aromatic heterocycles. The molecule has 0 spiro atoms. The van der Waals surface area contributed by atoms with Crippen LogP contribution in [0.3, 0.4) is 0 Å². The van der Waals surface area contributed by atoms with Gasteiger partial charge in [-0.05, 0) is 38.6 Å². The normalized spacial score (nSPS) is 16.5. The van der Waals surface area contributed by atoms with Crippen molar-refractivity contribution in [1.29, 1.82) is 0 Å². The lowest BCUT2D eigenvalue weighted by molar-refractivity contribution is 0.0256. The molecule has 0 unspecified atom stereocenters. The average Bonchev–Trinajstić information content (AvgIpc) is 2.80. The molecule has 0 aromatic carbocycles. The van der Waals surface area contributed by atoms with Crippen LogP contribution < -0.4 is 0 Å². The molecule has 1 fully saturated rings. The summed E-state index contributed by atoms with van der Waals surface area (Å²) in [5.74, 6) is 0.0519. The third-order valence-corrected chi connectivity index (χ3v) is 4.02. The maximum absolute atomic E-state index is 12.3. The Morgan fingerprint density at radius 1 is 1.14 bits per heavy atom. The molecule has 1 saturated heterocycles. The molecule has 1 aliphatic rings. The summed E-state index contributed by atoms with van der Waals surface area (Å²) in [5, 5.41) is 1.90. The van der Waals surface area contributed by atoms with Crippen LogP contribution in [0.1, 0.15) is 36.9 Å². The minimum Gasteiger partial charge on any atom is -0.444 e. The van der Waals surface area contributed by atoms with Gasteiger partial charge in [0.05, 0.1) is 4.88 Å². The van der Waals surface area contributed by atoms with Gasteiger partial charge >= 0.3 is 6.09 Å². The summed E-state index contributed by atoms with van der Waals surface area (Å²) >= 11 is 1.45. The lowest BCUT2D eigenvalue weighted by Gasteiger charge is -2.26. The predicted octanol–water partition coefficient (Wildman–Crippen LogP) is 2.83. The van der Waals surface area contributed by atoms with E-state index in [2.05, 4.69) is 0 Å². The van der Waals surface area contributed by atoms with Crippen LogP contribution in [-0.4, -0.2) is 53.6 Å². The highest BCUT2D eigenvalue weighted by atomic mass is 32.1. The maximum atomic E-state index is 12.3. The second-order valence-corrected chi connectivity index (χ2v) is 7.04. The summed E-state index contributed by atoms with van der Waals surface area (Å²) in [6.07, 6.45) is 0.476. The topological polar surface area (TPSA) is 49.9 Å². The molecular formula is C15H22N2O3S. The Bertz CT molecular complexity index is 494. The van der Waals surface area contributed by atoms with E-state index >= 15 is 0 Å². The van der Waals surface area contributed by atoms with Gasteiger partial charge in [-0.3, -0.25) is 4.79 Å². The van der Waals surface area contributed by atoms with Gasteiger partial charge in [0.2, 0.25) is 0 Å². The minimum absolute atomic E-state index is 0.0519. The molecule has 5 nitrogen and oxygen atoms in total. The van der Waals surface area contributed by atoms with E-state index in [0.29, 0.717) is 26.2 Å². The van der Waals surface area contributed by atoms with Crippen LogP contribution in [0.4, 0.5) is 4.79 Å². The van der Waals surface area contributed by atoms with Gasteiger partial charge in [0.15, 0.2) is 0 Å². The fourth-order valence-corrected chi connectivity index (χ4v) is 2.88. The van der Waals surface area contributed by atoms with Crippen molar-refractivity contribution >= 4 is 23.3 Å². The van der Waals surface area contributed by atoms with Gasteiger partial charge < -0.3 is 14.5 Å². The van der Waals surface area contributed by atoms with Crippen LogP contribution in [0, 0.1) is 0 Å². The fraction of sp³-hybridized carbons (Fsp3) is 0.600. The van der Waals surface area contributed by atoms with Crippen molar-refractivity contribution in [2.24, 2.45) is 0 Å². The molecule has 0 radical (unpaired) electrons. The summed E-state index contributed by atoms with van der Waals surface area (Å²) < 4.78 is 5.39. The van der Waals surface area contributed by atoms with Gasteiger partial charge in [-0.25, -0.2) is 4.79 Å². The fourth-order valence-electron chi connectivity index (χ4n) is 2.19. The van der Waals surface area contributed by atoms with Crippen molar-refractivity contribution in [3.63, 3.8) is 0 Å². The molecule has 21 heavy (non-hydrogen) atoms. The molecule has 1 aliphatic heterocycles. The molecule has 0 aliphatic carbocycles. The largest absolute Gasteiger partial charge is 0.444 e. The summed E-state index contributed by atoms with van der Waals surface area (Å²) in [5.41, 5.74) is -0.490. The zero-order valence-electron chi connectivity index (χ0n) is 12.8. The van der Waals surface area contributed by atoms with Crippen LogP contribution in [0.25, 0.3) is 0 Å². The highest BCUT2D eigenvalue weighted by molar-refractivity contribution is 7.12. The lowest BCUT2D eigenvalue weighted by Crippen LogP contribution is -2.40. The van der Waals surface area contributed by atoms with Gasteiger partial charge in [-0.15, -0.1) is 11.3 Å². The van der Waals surface area contributed by atoms with Crippen LogP contribution in [0.5, 0.6) is 0 Å². The van der Waals surface area contributed by atoms with E-state index < -0.39 is 5.60 Å². The highest BCUT2D eigenvalue weighted by Crippen LogP contribution is 2.15. The number of thiophene rings is 1. The Balaban J connectivity index is 1.93. The molecular weight excluding hydrogens is 288 g/mol. The number of nitrogens with zero attached hydrogens (tertiary/aromatic N) is 2. The number of hydrogen-bond donors (Lipinski definition) is 0. The zero-order valence-corrected chi connectivity index (χ0v) is 13.6. The summed E-state index contributed by atoms with van der Waals surface area (Å²) in [4.78, 5) is 28.6. The second-order valence-electron chi connectivity index (χ2n) is 6.09. The first kappa shape index (κ1) is 15.8. The Labute approximate surface area is 129 Å². The average molecular weight is 310 g/mol. The Kier molecular flexibility index (Phi) is 4.88. The summed E-state index contributed by atoms with van der Waals surface area (Å²) in [6, 6.07) is 3.71. The van der Waals surface area contributed by atoms with Gasteiger partial charge in [-0.1, -0.05) is 6.07 Å². The van der Waals surface area contributed by atoms with E-state index in [1.165, 1.54) is 11.3 Å². The van der Waals surface area contributed by atoms with E-state index in [4.69, 9.17) is 4.74 Å². The molecule has 0 saturated carbocycles. The number of carbonyl (C=O) groups is 2. The molecule has 0 atom stereocenters. The third kappa shape index (κ3) is 4.46. The lowest BCUT2D eigenvalue weighted by atomic mass is 10.2. The number of ether oxygens (including phenoxy) is 1. The van der Waals surface area contributed by atoms with Gasteiger partial charge in [-0.2, -0.15) is 0 Å².